The molecule has 9 heteroatoms. The fourth-order valence-electron chi connectivity index (χ4n) is 2.67. The van der Waals surface area contributed by atoms with Gasteiger partial charge in [0, 0.05) is 38.9 Å². The molecule has 1 amide bonds. The summed E-state index contributed by atoms with van der Waals surface area (Å²) in [7, 11) is -3.70. The Morgan fingerprint density at radius 1 is 1.26 bits per heavy atom. The molecule has 1 fully saturated rings. The van der Waals surface area contributed by atoms with Crippen molar-refractivity contribution in [3.63, 3.8) is 0 Å². The fourth-order valence-corrected chi connectivity index (χ4v) is 3.53. The maximum Gasteiger partial charge on any atom is 0.311 e. The number of nitro benzene ring substituents is 1. The third kappa shape index (κ3) is 3.61. The van der Waals surface area contributed by atoms with E-state index >= 15 is 0 Å². The smallest absolute Gasteiger partial charge is 0.311 e. The van der Waals surface area contributed by atoms with Crippen molar-refractivity contribution in [1.82, 2.24) is 4.90 Å². The Labute approximate surface area is 134 Å². The minimum Gasteiger partial charge on any atom is -0.362 e. The molecule has 0 unspecified atom stereocenters. The second-order valence-electron chi connectivity index (χ2n) is 5.37. The first-order chi connectivity index (χ1) is 10.8. The average Bonchev–Trinajstić information content (AvgIpc) is 2.52. The van der Waals surface area contributed by atoms with Crippen LogP contribution in [0, 0.1) is 10.1 Å². The predicted octanol–water partition coefficient (Wildman–Crippen LogP) is 1.06. The molecule has 1 saturated heterocycles. The molecule has 1 aromatic rings. The summed E-state index contributed by atoms with van der Waals surface area (Å²) in [4.78, 5) is 25.6. The number of carbonyl (C=O) groups is 1. The van der Waals surface area contributed by atoms with Gasteiger partial charge < -0.3 is 9.80 Å². The van der Waals surface area contributed by atoms with Crippen LogP contribution in [0.2, 0.25) is 0 Å². The summed E-state index contributed by atoms with van der Waals surface area (Å²) in [6.45, 7) is 3.58. The molecule has 0 radical (unpaired) electrons. The number of hydrogen-bond donors (Lipinski definition) is 0. The van der Waals surface area contributed by atoms with Gasteiger partial charge in [0.1, 0.15) is 10.6 Å². The van der Waals surface area contributed by atoms with Crippen LogP contribution in [-0.4, -0.2) is 56.6 Å². The number of piperazine rings is 1. The maximum absolute atomic E-state index is 11.8. The van der Waals surface area contributed by atoms with E-state index in [-0.39, 0.29) is 16.5 Å². The number of sulfone groups is 1. The van der Waals surface area contributed by atoms with E-state index in [4.69, 9.17) is 0 Å². The monoisotopic (exact) mass is 341 g/mol. The number of nitro groups is 1. The van der Waals surface area contributed by atoms with Gasteiger partial charge >= 0.3 is 5.69 Å². The summed E-state index contributed by atoms with van der Waals surface area (Å²) in [5.41, 5.74) is -0.119. The lowest BCUT2D eigenvalue weighted by atomic mass is 10.2. The highest BCUT2D eigenvalue weighted by molar-refractivity contribution is 7.90. The first-order valence-corrected chi connectivity index (χ1v) is 9.15. The largest absolute Gasteiger partial charge is 0.362 e. The molecule has 0 N–H and O–H groups in total. The van der Waals surface area contributed by atoms with Crippen molar-refractivity contribution < 1.29 is 18.1 Å². The van der Waals surface area contributed by atoms with Crippen LogP contribution >= 0.6 is 0 Å². The van der Waals surface area contributed by atoms with Crippen molar-refractivity contribution in [1.29, 1.82) is 0 Å². The van der Waals surface area contributed by atoms with Crippen molar-refractivity contribution in [2.45, 2.75) is 18.2 Å². The highest BCUT2D eigenvalue weighted by atomic mass is 32.2. The van der Waals surface area contributed by atoms with Crippen LogP contribution in [0.4, 0.5) is 11.4 Å². The van der Waals surface area contributed by atoms with Gasteiger partial charge in [-0.05, 0) is 12.1 Å². The van der Waals surface area contributed by atoms with Crippen molar-refractivity contribution in [3.05, 3.63) is 28.3 Å². The SMILES string of the molecule is CCC(=O)N1CCN(c2cccc(S(C)(=O)=O)c2[N+](=O)[O-])CC1. The molecule has 1 aromatic carbocycles. The summed E-state index contributed by atoms with van der Waals surface area (Å²) in [5, 5.41) is 11.4. The average molecular weight is 341 g/mol. The van der Waals surface area contributed by atoms with Crippen LogP contribution in [-0.2, 0) is 14.6 Å². The maximum atomic E-state index is 11.8. The molecule has 23 heavy (non-hydrogen) atoms. The minimum atomic E-state index is -3.70. The van der Waals surface area contributed by atoms with E-state index < -0.39 is 20.4 Å². The van der Waals surface area contributed by atoms with Crippen LogP contribution in [0.1, 0.15) is 13.3 Å². The molecule has 0 atom stereocenters. The zero-order valence-electron chi connectivity index (χ0n) is 13.1. The Morgan fingerprint density at radius 2 is 1.87 bits per heavy atom. The van der Waals surface area contributed by atoms with Gasteiger partial charge in [-0.1, -0.05) is 13.0 Å². The van der Waals surface area contributed by atoms with E-state index in [1.54, 1.807) is 22.8 Å². The van der Waals surface area contributed by atoms with Gasteiger partial charge in [0.15, 0.2) is 9.84 Å². The molecule has 0 saturated carbocycles. The zero-order valence-corrected chi connectivity index (χ0v) is 13.9. The summed E-state index contributed by atoms with van der Waals surface area (Å²) >= 11 is 0. The third-order valence-electron chi connectivity index (χ3n) is 3.84. The first-order valence-electron chi connectivity index (χ1n) is 7.26. The number of para-hydroxylation sites is 1. The molecule has 1 aliphatic rings. The standard InChI is InChI=1S/C14H19N3O5S/c1-3-13(18)16-9-7-15(8-10-16)11-5-4-6-12(23(2,21)22)14(11)17(19)20/h4-6H,3,7-10H2,1-2H3. The molecule has 0 spiro atoms. The van der Waals surface area contributed by atoms with Gasteiger partial charge in [-0.2, -0.15) is 0 Å². The van der Waals surface area contributed by atoms with E-state index in [1.807, 2.05) is 0 Å². The molecule has 0 aliphatic carbocycles. The Hall–Kier alpha value is -2.16. The van der Waals surface area contributed by atoms with E-state index in [2.05, 4.69) is 0 Å². The highest BCUT2D eigenvalue weighted by Gasteiger charge is 2.30. The van der Waals surface area contributed by atoms with Crippen molar-refractivity contribution in [2.24, 2.45) is 0 Å². The number of nitrogens with zero attached hydrogens (tertiary/aromatic N) is 3. The molecular weight excluding hydrogens is 322 g/mol. The Morgan fingerprint density at radius 3 is 2.35 bits per heavy atom. The van der Waals surface area contributed by atoms with Crippen molar-refractivity contribution in [3.8, 4) is 0 Å². The Balaban J connectivity index is 2.35. The molecule has 0 bridgehead atoms. The summed E-state index contributed by atoms with van der Waals surface area (Å²) < 4.78 is 23.6. The molecule has 0 aromatic heterocycles. The van der Waals surface area contributed by atoms with Gasteiger partial charge in [-0.3, -0.25) is 14.9 Å². The quantitative estimate of drug-likeness (QED) is 0.599. The lowest BCUT2D eigenvalue weighted by Gasteiger charge is -2.35. The second-order valence-corrected chi connectivity index (χ2v) is 7.36. The molecule has 8 nitrogen and oxygen atoms in total. The fraction of sp³-hybridized carbons (Fsp3) is 0.500. The van der Waals surface area contributed by atoms with Crippen LogP contribution in [0.5, 0.6) is 0 Å². The number of rotatable bonds is 4. The molecule has 1 heterocycles. The highest BCUT2D eigenvalue weighted by Crippen LogP contribution is 2.35. The number of amides is 1. The van der Waals surface area contributed by atoms with Crippen LogP contribution in [0.3, 0.4) is 0 Å². The lowest BCUT2D eigenvalue weighted by molar-refractivity contribution is -0.387. The number of benzene rings is 1. The molecule has 126 valence electrons. The Kier molecular flexibility index (Phi) is 4.88. The van der Waals surface area contributed by atoms with Gasteiger partial charge in [0.2, 0.25) is 5.91 Å². The molecule has 2 rings (SSSR count). The van der Waals surface area contributed by atoms with Gasteiger partial charge in [0.05, 0.1) is 4.92 Å². The van der Waals surface area contributed by atoms with Crippen LogP contribution in [0.25, 0.3) is 0 Å². The van der Waals surface area contributed by atoms with Gasteiger partial charge in [-0.15, -0.1) is 0 Å². The minimum absolute atomic E-state index is 0.0454. The van der Waals surface area contributed by atoms with Crippen LogP contribution < -0.4 is 4.90 Å². The molecule has 1 aliphatic heterocycles. The topological polar surface area (TPSA) is 101 Å². The van der Waals surface area contributed by atoms with Gasteiger partial charge in [-0.25, -0.2) is 8.42 Å². The van der Waals surface area contributed by atoms with E-state index in [9.17, 15) is 23.3 Å². The van der Waals surface area contributed by atoms with Gasteiger partial charge in [0.25, 0.3) is 0 Å². The second kappa shape index (κ2) is 6.53. The lowest BCUT2D eigenvalue weighted by Crippen LogP contribution is -2.48. The number of anilines is 1. The van der Waals surface area contributed by atoms with Crippen molar-refractivity contribution >= 4 is 27.1 Å². The number of hydrogen-bond acceptors (Lipinski definition) is 6. The first kappa shape index (κ1) is 17.2. The molecular formula is C14H19N3O5S. The summed E-state index contributed by atoms with van der Waals surface area (Å²) in [5.74, 6) is 0.0454. The summed E-state index contributed by atoms with van der Waals surface area (Å²) in [6.07, 6.45) is 1.38. The van der Waals surface area contributed by atoms with Crippen molar-refractivity contribution in [2.75, 3.05) is 37.3 Å². The zero-order chi connectivity index (χ0) is 17.2. The number of carbonyl (C=O) groups excluding carboxylic acids is 1. The van der Waals surface area contributed by atoms with E-state index in [0.29, 0.717) is 32.6 Å². The van der Waals surface area contributed by atoms with Crippen LogP contribution in [0.15, 0.2) is 23.1 Å². The summed E-state index contributed by atoms with van der Waals surface area (Å²) in [6, 6.07) is 4.29. The predicted molar refractivity (Wildman–Crippen MR) is 85.3 cm³/mol. The van der Waals surface area contributed by atoms with E-state index in [0.717, 1.165) is 6.26 Å². The third-order valence-corrected chi connectivity index (χ3v) is 4.96. The van der Waals surface area contributed by atoms with E-state index in [1.165, 1.54) is 12.1 Å². The Bertz CT molecular complexity index is 724. The normalized spacial score (nSPS) is 15.6.